The third-order valence-electron chi connectivity index (χ3n) is 3.84. The molecule has 22 heavy (non-hydrogen) atoms. The van der Waals surface area contributed by atoms with Gasteiger partial charge < -0.3 is 15.1 Å². The molecule has 1 fully saturated rings. The number of amides is 2. The number of rotatable bonds is 5. The number of unbranched alkanes of at least 4 members (excludes halogenated alkanes) is 2. The summed E-state index contributed by atoms with van der Waals surface area (Å²) in [5, 5.41) is 4.26. The molecule has 6 heteroatoms. The molecule has 0 unspecified atom stereocenters. The molecule has 2 rings (SSSR count). The Morgan fingerprint density at radius 2 is 1.73 bits per heavy atom. The van der Waals surface area contributed by atoms with E-state index in [1.807, 2.05) is 17.0 Å². The van der Waals surface area contributed by atoms with Crippen LogP contribution >= 0.6 is 23.2 Å². The van der Waals surface area contributed by atoms with Crippen molar-refractivity contribution < 1.29 is 4.79 Å². The Balaban J connectivity index is 1.81. The van der Waals surface area contributed by atoms with Crippen molar-refractivity contribution in [3.05, 3.63) is 28.2 Å². The second kappa shape index (κ2) is 8.49. The highest BCUT2D eigenvalue weighted by Crippen LogP contribution is 2.26. The summed E-state index contributed by atoms with van der Waals surface area (Å²) >= 11 is 12.1. The van der Waals surface area contributed by atoms with Gasteiger partial charge in [0, 0.05) is 48.5 Å². The summed E-state index contributed by atoms with van der Waals surface area (Å²) in [7, 11) is 0. The number of hydrogen-bond acceptors (Lipinski definition) is 2. The number of piperazine rings is 1. The summed E-state index contributed by atoms with van der Waals surface area (Å²) in [5.74, 6) is 0. The molecule has 0 bridgehead atoms. The molecule has 0 atom stereocenters. The number of hydrogen-bond donors (Lipinski definition) is 1. The molecular formula is C16H23Cl2N3O. The minimum Gasteiger partial charge on any atom is -0.368 e. The standard InChI is InChI=1S/C16H23Cl2N3O/c1-2-3-4-5-19-16(22)21-8-6-20(7-9-21)15-11-13(17)10-14(18)12-15/h10-12H,2-9H2,1H3,(H,19,22). The zero-order chi connectivity index (χ0) is 15.9. The van der Waals surface area contributed by atoms with Gasteiger partial charge in [-0.2, -0.15) is 0 Å². The van der Waals surface area contributed by atoms with Crippen molar-refractivity contribution in [1.82, 2.24) is 10.2 Å². The van der Waals surface area contributed by atoms with Crippen LogP contribution in [0.4, 0.5) is 10.5 Å². The Labute approximate surface area is 142 Å². The van der Waals surface area contributed by atoms with Crippen LogP contribution in [0.3, 0.4) is 0 Å². The van der Waals surface area contributed by atoms with Crippen LogP contribution in [0.15, 0.2) is 18.2 Å². The lowest BCUT2D eigenvalue weighted by Crippen LogP contribution is -2.52. The van der Waals surface area contributed by atoms with E-state index < -0.39 is 0 Å². The lowest BCUT2D eigenvalue weighted by atomic mass is 10.2. The summed E-state index contributed by atoms with van der Waals surface area (Å²) in [5.41, 5.74) is 1.01. The van der Waals surface area contributed by atoms with Gasteiger partial charge in [-0.05, 0) is 24.6 Å². The van der Waals surface area contributed by atoms with Gasteiger partial charge in [-0.3, -0.25) is 0 Å². The first-order valence-corrected chi connectivity index (χ1v) is 8.59. The number of nitrogens with one attached hydrogen (secondary N) is 1. The molecule has 2 amide bonds. The molecule has 1 saturated heterocycles. The van der Waals surface area contributed by atoms with E-state index in [0.29, 0.717) is 23.1 Å². The van der Waals surface area contributed by atoms with Crippen molar-refractivity contribution in [2.45, 2.75) is 26.2 Å². The van der Waals surface area contributed by atoms with Crippen molar-refractivity contribution >= 4 is 34.9 Å². The SMILES string of the molecule is CCCCCNC(=O)N1CCN(c2cc(Cl)cc(Cl)c2)CC1. The van der Waals surface area contributed by atoms with Crippen LogP contribution < -0.4 is 10.2 Å². The Bertz CT molecular complexity index is 482. The van der Waals surface area contributed by atoms with Crippen molar-refractivity contribution in [2.75, 3.05) is 37.6 Å². The predicted octanol–water partition coefficient (Wildman–Crippen LogP) is 4.02. The molecule has 0 spiro atoms. The normalized spacial score (nSPS) is 15.0. The fourth-order valence-electron chi connectivity index (χ4n) is 2.57. The summed E-state index contributed by atoms with van der Waals surface area (Å²) < 4.78 is 0. The van der Waals surface area contributed by atoms with Gasteiger partial charge in [-0.25, -0.2) is 4.79 Å². The van der Waals surface area contributed by atoms with Crippen molar-refractivity contribution in [1.29, 1.82) is 0 Å². The lowest BCUT2D eigenvalue weighted by molar-refractivity contribution is 0.194. The van der Waals surface area contributed by atoms with E-state index in [2.05, 4.69) is 17.1 Å². The lowest BCUT2D eigenvalue weighted by Gasteiger charge is -2.36. The van der Waals surface area contributed by atoms with E-state index in [-0.39, 0.29) is 6.03 Å². The minimum atomic E-state index is 0.0416. The molecule has 1 N–H and O–H groups in total. The largest absolute Gasteiger partial charge is 0.368 e. The van der Waals surface area contributed by atoms with E-state index in [1.54, 1.807) is 6.07 Å². The van der Waals surface area contributed by atoms with Gasteiger partial charge in [0.05, 0.1) is 0 Å². The maximum Gasteiger partial charge on any atom is 0.317 e. The van der Waals surface area contributed by atoms with Gasteiger partial charge in [0.2, 0.25) is 0 Å². The Morgan fingerprint density at radius 3 is 2.32 bits per heavy atom. The van der Waals surface area contributed by atoms with Crippen LogP contribution in [-0.4, -0.2) is 43.7 Å². The zero-order valence-electron chi connectivity index (χ0n) is 12.9. The number of nitrogens with zero attached hydrogens (tertiary/aromatic N) is 2. The van der Waals surface area contributed by atoms with Crippen LogP contribution in [0, 0.1) is 0 Å². The van der Waals surface area contributed by atoms with Gasteiger partial charge in [-0.15, -0.1) is 0 Å². The summed E-state index contributed by atoms with van der Waals surface area (Å²) in [6.07, 6.45) is 3.36. The molecule has 1 heterocycles. The maximum atomic E-state index is 12.1. The highest BCUT2D eigenvalue weighted by molar-refractivity contribution is 6.35. The first kappa shape index (κ1) is 17.2. The van der Waals surface area contributed by atoms with Crippen LogP contribution in [0.5, 0.6) is 0 Å². The van der Waals surface area contributed by atoms with Gasteiger partial charge in [0.15, 0.2) is 0 Å². The smallest absolute Gasteiger partial charge is 0.317 e. The van der Waals surface area contributed by atoms with Crippen molar-refractivity contribution in [3.63, 3.8) is 0 Å². The second-order valence-corrected chi connectivity index (χ2v) is 6.41. The third kappa shape index (κ3) is 4.96. The molecule has 0 aromatic heterocycles. The molecule has 0 radical (unpaired) electrons. The Kier molecular flexibility index (Phi) is 6.65. The van der Waals surface area contributed by atoms with E-state index in [4.69, 9.17) is 23.2 Å². The first-order valence-electron chi connectivity index (χ1n) is 7.84. The Morgan fingerprint density at radius 1 is 1.09 bits per heavy atom. The van der Waals surface area contributed by atoms with E-state index in [9.17, 15) is 4.79 Å². The van der Waals surface area contributed by atoms with Crippen LogP contribution in [0.25, 0.3) is 0 Å². The summed E-state index contributed by atoms with van der Waals surface area (Å²) in [4.78, 5) is 16.1. The molecule has 0 saturated carbocycles. The molecular weight excluding hydrogens is 321 g/mol. The molecule has 122 valence electrons. The monoisotopic (exact) mass is 343 g/mol. The molecule has 4 nitrogen and oxygen atoms in total. The highest BCUT2D eigenvalue weighted by atomic mass is 35.5. The number of halogens is 2. The highest BCUT2D eigenvalue weighted by Gasteiger charge is 2.21. The van der Waals surface area contributed by atoms with Crippen LogP contribution in [-0.2, 0) is 0 Å². The number of anilines is 1. The zero-order valence-corrected chi connectivity index (χ0v) is 14.5. The fraction of sp³-hybridized carbons (Fsp3) is 0.562. The molecule has 0 aliphatic carbocycles. The number of carbonyl (C=O) groups excluding carboxylic acids is 1. The van der Waals surface area contributed by atoms with Crippen LogP contribution in [0.2, 0.25) is 10.0 Å². The van der Waals surface area contributed by atoms with E-state index in [0.717, 1.165) is 44.6 Å². The van der Waals surface area contributed by atoms with E-state index in [1.165, 1.54) is 0 Å². The molecule has 1 aliphatic rings. The number of urea groups is 1. The van der Waals surface area contributed by atoms with Crippen molar-refractivity contribution in [3.8, 4) is 0 Å². The van der Waals surface area contributed by atoms with Gasteiger partial charge >= 0.3 is 6.03 Å². The van der Waals surface area contributed by atoms with E-state index >= 15 is 0 Å². The molecule has 1 aliphatic heterocycles. The fourth-order valence-corrected chi connectivity index (χ4v) is 3.09. The van der Waals surface area contributed by atoms with Crippen molar-refractivity contribution in [2.24, 2.45) is 0 Å². The predicted molar refractivity (Wildman–Crippen MR) is 93.2 cm³/mol. The summed E-state index contributed by atoms with van der Waals surface area (Å²) in [6.45, 7) is 5.92. The van der Waals surface area contributed by atoms with Gasteiger partial charge in [-0.1, -0.05) is 43.0 Å². The molecule has 1 aromatic rings. The number of carbonyl (C=O) groups is 1. The summed E-state index contributed by atoms with van der Waals surface area (Å²) in [6, 6.07) is 5.59. The third-order valence-corrected chi connectivity index (χ3v) is 4.27. The average molecular weight is 344 g/mol. The quantitative estimate of drug-likeness (QED) is 0.819. The van der Waals surface area contributed by atoms with Gasteiger partial charge in [0.1, 0.15) is 0 Å². The van der Waals surface area contributed by atoms with Gasteiger partial charge in [0.25, 0.3) is 0 Å². The molecule has 1 aromatic carbocycles. The van der Waals surface area contributed by atoms with Crippen LogP contribution in [0.1, 0.15) is 26.2 Å². The second-order valence-electron chi connectivity index (χ2n) is 5.54. The number of benzene rings is 1. The topological polar surface area (TPSA) is 35.6 Å². The minimum absolute atomic E-state index is 0.0416. The average Bonchev–Trinajstić information content (AvgIpc) is 2.50. The first-order chi connectivity index (χ1) is 10.6. The Hall–Kier alpha value is -1.13. The maximum absolute atomic E-state index is 12.1.